The molecule has 1 atom stereocenters. The molecule has 2 rings (SSSR count). The van der Waals surface area contributed by atoms with Crippen molar-refractivity contribution in [3.05, 3.63) is 22.7 Å². The van der Waals surface area contributed by atoms with E-state index in [9.17, 15) is 0 Å². The van der Waals surface area contributed by atoms with Gasteiger partial charge in [-0.2, -0.15) is 0 Å². The molecule has 2 N–H and O–H groups in total. The summed E-state index contributed by atoms with van der Waals surface area (Å²) in [5.41, 5.74) is 7.16. The van der Waals surface area contributed by atoms with Crippen molar-refractivity contribution >= 4 is 11.6 Å². The predicted molar refractivity (Wildman–Crippen MR) is 69.0 cm³/mol. The quantitative estimate of drug-likeness (QED) is 0.903. The predicted octanol–water partition coefficient (Wildman–Crippen LogP) is 2.64. The van der Waals surface area contributed by atoms with Crippen LogP contribution in [0.1, 0.15) is 19.4 Å². The summed E-state index contributed by atoms with van der Waals surface area (Å²) in [4.78, 5) is 0. The van der Waals surface area contributed by atoms with Crippen molar-refractivity contribution in [1.82, 2.24) is 0 Å². The van der Waals surface area contributed by atoms with Crippen LogP contribution < -0.4 is 15.2 Å². The van der Waals surface area contributed by atoms with Gasteiger partial charge in [0.1, 0.15) is 13.2 Å². The summed E-state index contributed by atoms with van der Waals surface area (Å²) >= 11 is 6.16. The highest BCUT2D eigenvalue weighted by Crippen LogP contribution is 2.38. The fourth-order valence-corrected chi connectivity index (χ4v) is 2.08. The molecule has 0 aromatic heterocycles. The van der Waals surface area contributed by atoms with Crippen LogP contribution in [0.25, 0.3) is 0 Å². The third-order valence-electron chi connectivity index (χ3n) is 2.98. The van der Waals surface area contributed by atoms with Crippen LogP contribution in [-0.4, -0.2) is 19.3 Å². The standard InChI is InChI=1S/C13H18ClNO2/c1-8(2)11(15)6-9-5-10(14)13-12(7-9)16-3-4-17-13/h5,7-8,11H,3-4,6,15H2,1-2H3. The zero-order valence-corrected chi connectivity index (χ0v) is 11.0. The van der Waals surface area contributed by atoms with Crippen LogP contribution in [0.3, 0.4) is 0 Å². The highest BCUT2D eigenvalue weighted by molar-refractivity contribution is 6.32. The average molecular weight is 256 g/mol. The van der Waals surface area contributed by atoms with Crippen LogP contribution in [0.5, 0.6) is 11.5 Å². The summed E-state index contributed by atoms with van der Waals surface area (Å²) in [6.45, 7) is 5.36. The number of benzene rings is 1. The molecule has 0 aliphatic carbocycles. The Kier molecular flexibility index (Phi) is 3.79. The monoisotopic (exact) mass is 255 g/mol. The molecule has 1 aliphatic heterocycles. The number of hydrogen-bond donors (Lipinski definition) is 1. The number of ether oxygens (including phenoxy) is 2. The Morgan fingerprint density at radius 3 is 2.71 bits per heavy atom. The van der Waals surface area contributed by atoms with Crippen molar-refractivity contribution < 1.29 is 9.47 Å². The first-order valence-electron chi connectivity index (χ1n) is 5.91. The van der Waals surface area contributed by atoms with Crippen molar-refractivity contribution in [3.63, 3.8) is 0 Å². The first kappa shape index (κ1) is 12.5. The Bertz CT molecular complexity index is 407. The van der Waals surface area contributed by atoms with Gasteiger partial charge in [0.2, 0.25) is 0 Å². The second-order valence-electron chi connectivity index (χ2n) is 4.71. The van der Waals surface area contributed by atoms with Crippen molar-refractivity contribution in [2.45, 2.75) is 26.3 Å². The van der Waals surface area contributed by atoms with Gasteiger partial charge >= 0.3 is 0 Å². The van der Waals surface area contributed by atoms with Crippen molar-refractivity contribution in [1.29, 1.82) is 0 Å². The number of hydrogen-bond acceptors (Lipinski definition) is 3. The lowest BCUT2D eigenvalue weighted by Gasteiger charge is -2.21. The van der Waals surface area contributed by atoms with E-state index in [1.54, 1.807) is 0 Å². The molecule has 1 aromatic rings. The van der Waals surface area contributed by atoms with Crippen molar-refractivity contribution in [2.24, 2.45) is 11.7 Å². The molecule has 1 aliphatic rings. The number of rotatable bonds is 3. The molecule has 0 spiro atoms. The van der Waals surface area contributed by atoms with Crippen LogP contribution in [-0.2, 0) is 6.42 Å². The van der Waals surface area contributed by atoms with Gasteiger partial charge in [0.05, 0.1) is 5.02 Å². The summed E-state index contributed by atoms with van der Waals surface area (Å²) < 4.78 is 11.0. The second-order valence-corrected chi connectivity index (χ2v) is 5.12. The highest BCUT2D eigenvalue weighted by atomic mass is 35.5. The van der Waals surface area contributed by atoms with Gasteiger partial charge in [-0.25, -0.2) is 0 Å². The Morgan fingerprint density at radius 1 is 1.29 bits per heavy atom. The minimum Gasteiger partial charge on any atom is -0.486 e. The summed E-state index contributed by atoms with van der Waals surface area (Å²) in [6.07, 6.45) is 0.800. The van der Waals surface area contributed by atoms with Gasteiger partial charge in [-0.3, -0.25) is 0 Å². The summed E-state index contributed by atoms with van der Waals surface area (Å²) in [5.74, 6) is 1.83. The smallest absolute Gasteiger partial charge is 0.179 e. The first-order chi connectivity index (χ1) is 8.08. The maximum atomic E-state index is 6.16. The van der Waals surface area contributed by atoms with Gasteiger partial charge in [-0.1, -0.05) is 25.4 Å². The lowest BCUT2D eigenvalue weighted by molar-refractivity contribution is 0.171. The summed E-state index contributed by atoms with van der Waals surface area (Å²) in [7, 11) is 0. The van der Waals surface area contributed by atoms with Crippen LogP contribution in [0, 0.1) is 5.92 Å². The van der Waals surface area contributed by atoms with E-state index in [1.807, 2.05) is 12.1 Å². The van der Waals surface area contributed by atoms with Crippen LogP contribution in [0.4, 0.5) is 0 Å². The second kappa shape index (κ2) is 5.15. The molecule has 0 bridgehead atoms. The SMILES string of the molecule is CC(C)C(N)Cc1cc(Cl)c2c(c1)OCCO2. The van der Waals surface area contributed by atoms with Crippen LogP contribution in [0.2, 0.25) is 5.02 Å². The van der Waals surface area contributed by atoms with E-state index < -0.39 is 0 Å². The van der Waals surface area contributed by atoms with Crippen molar-refractivity contribution in [3.8, 4) is 11.5 Å². The molecule has 1 heterocycles. The minimum absolute atomic E-state index is 0.133. The molecule has 4 heteroatoms. The molecule has 1 unspecified atom stereocenters. The van der Waals surface area contributed by atoms with Crippen LogP contribution >= 0.6 is 11.6 Å². The molecule has 0 saturated heterocycles. The van der Waals surface area contributed by atoms with Gasteiger partial charge in [0.25, 0.3) is 0 Å². The lowest BCUT2D eigenvalue weighted by atomic mass is 9.97. The topological polar surface area (TPSA) is 44.5 Å². The average Bonchev–Trinajstić information content (AvgIpc) is 2.29. The van der Waals surface area contributed by atoms with E-state index in [2.05, 4.69) is 13.8 Å². The third kappa shape index (κ3) is 2.85. The number of fused-ring (bicyclic) bond motifs is 1. The van der Waals surface area contributed by atoms with Crippen LogP contribution in [0.15, 0.2) is 12.1 Å². The summed E-state index contributed by atoms with van der Waals surface area (Å²) in [6, 6.07) is 4.02. The van der Waals surface area contributed by atoms with E-state index in [0.29, 0.717) is 29.9 Å². The maximum absolute atomic E-state index is 6.16. The van der Waals surface area contributed by atoms with Gasteiger partial charge in [0, 0.05) is 6.04 Å². The molecular weight excluding hydrogens is 238 g/mol. The van der Waals surface area contributed by atoms with Gasteiger partial charge in [-0.15, -0.1) is 0 Å². The fourth-order valence-electron chi connectivity index (χ4n) is 1.79. The van der Waals surface area contributed by atoms with E-state index in [4.69, 9.17) is 26.8 Å². The zero-order valence-electron chi connectivity index (χ0n) is 10.2. The van der Waals surface area contributed by atoms with Gasteiger partial charge < -0.3 is 15.2 Å². The number of halogens is 1. The molecule has 0 amide bonds. The minimum atomic E-state index is 0.133. The van der Waals surface area contributed by atoms with E-state index >= 15 is 0 Å². The fraction of sp³-hybridized carbons (Fsp3) is 0.538. The Morgan fingerprint density at radius 2 is 2.00 bits per heavy atom. The Balaban J connectivity index is 2.22. The summed E-state index contributed by atoms with van der Waals surface area (Å²) in [5, 5.41) is 0.605. The van der Waals surface area contributed by atoms with Gasteiger partial charge in [0.15, 0.2) is 11.5 Å². The number of nitrogens with two attached hydrogens (primary N) is 1. The Hall–Kier alpha value is -0.930. The largest absolute Gasteiger partial charge is 0.486 e. The normalized spacial score (nSPS) is 16.1. The molecule has 0 fully saturated rings. The zero-order chi connectivity index (χ0) is 12.4. The molecular formula is C13H18ClNO2. The maximum Gasteiger partial charge on any atom is 0.179 e. The first-order valence-corrected chi connectivity index (χ1v) is 6.29. The van der Waals surface area contributed by atoms with E-state index in [0.717, 1.165) is 17.7 Å². The molecule has 1 aromatic carbocycles. The van der Waals surface area contributed by atoms with Crippen molar-refractivity contribution in [2.75, 3.05) is 13.2 Å². The van der Waals surface area contributed by atoms with E-state index in [-0.39, 0.29) is 6.04 Å². The molecule has 0 saturated carbocycles. The Labute approximate surface area is 107 Å². The molecule has 17 heavy (non-hydrogen) atoms. The molecule has 3 nitrogen and oxygen atoms in total. The highest BCUT2D eigenvalue weighted by Gasteiger charge is 2.18. The van der Waals surface area contributed by atoms with Gasteiger partial charge in [-0.05, 0) is 30.0 Å². The lowest BCUT2D eigenvalue weighted by Crippen LogP contribution is -2.28. The molecule has 94 valence electrons. The van der Waals surface area contributed by atoms with E-state index in [1.165, 1.54) is 0 Å². The molecule has 0 radical (unpaired) electrons. The third-order valence-corrected chi connectivity index (χ3v) is 3.27.